The number of nitrogens with zero attached hydrogens (tertiary/aromatic N) is 2. The van der Waals surface area contributed by atoms with Gasteiger partial charge >= 0.3 is 0 Å². The first-order valence-electron chi connectivity index (χ1n) is 15.3. The summed E-state index contributed by atoms with van der Waals surface area (Å²) in [7, 11) is 0. The van der Waals surface area contributed by atoms with Gasteiger partial charge in [-0.3, -0.25) is 0 Å². The molecule has 0 bridgehead atoms. The molecule has 0 unspecified atom stereocenters. The fraction of sp³-hybridized carbons (Fsp3) is 0.600. The van der Waals surface area contributed by atoms with E-state index in [0.717, 1.165) is 41.4 Å². The zero-order valence-electron chi connectivity index (χ0n) is 23.3. The predicted octanol–water partition coefficient (Wildman–Crippen LogP) is 10.4. The van der Waals surface area contributed by atoms with Crippen LogP contribution in [0.4, 0.5) is 0 Å². The van der Waals surface area contributed by atoms with Crippen LogP contribution in [0.3, 0.4) is 0 Å². The second-order valence-corrected chi connectivity index (χ2v) is 11.9. The van der Waals surface area contributed by atoms with Crippen molar-refractivity contribution in [3.8, 4) is 23.3 Å². The van der Waals surface area contributed by atoms with E-state index in [-0.39, 0.29) is 0 Å². The van der Waals surface area contributed by atoms with Crippen LogP contribution in [0.5, 0.6) is 0 Å². The number of rotatable bonds is 10. The Kier molecular flexibility index (Phi) is 10.3. The van der Waals surface area contributed by atoms with Gasteiger partial charge in [-0.15, -0.1) is 0 Å². The van der Waals surface area contributed by atoms with Crippen molar-refractivity contribution < 1.29 is 0 Å². The van der Waals surface area contributed by atoms with Gasteiger partial charge in [-0.25, -0.2) is 0 Å². The second-order valence-electron chi connectivity index (χ2n) is 11.9. The van der Waals surface area contributed by atoms with Crippen molar-refractivity contribution in [1.29, 1.82) is 10.5 Å². The molecule has 37 heavy (non-hydrogen) atoms. The Balaban J connectivity index is 1.44. The van der Waals surface area contributed by atoms with Gasteiger partial charge in [-0.1, -0.05) is 95.2 Å². The van der Waals surface area contributed by atoms with Crippen molar-refractivity contribution in [3.63, 3.8) is 0 Å². The molecule has 4 rings (SSSR count). The Hall–Kier alpha value is -2.58. The first kappa shape index (κ1) is 27.5. The minimum atomic E-state index is 0.410. The Morgan fingerprint density at radius 2 is 1.19 bits per heavy atom. The Labute approximate surface area is 226 Å². The van der Waals surface area contributed by atoms with Crippen LogP contribution in [0.1, 0.15) is 144 Å². The van der Waals surface area contributed by atoms with E-state index in [1.807, 2.05) is 0 Å². The molecule has 2 fully saturated rings. The molecule has 0 N–H and O–H groups in total. The minimum absolute atomic E-state index is 0.410. The summed E-state index contributed by atoms with van der Waals surface area (Å²) in [5, 5.41) is 20.2. The Bertz CT molecular complexity index is 1070. The number of benzene rings is 2. The van der Waals surface area contributed by atoms with E-state index >= 15 is 0 Å². The molecule has 2 aliphatic rings. The standard InChI is InChI=1S/C35H46N2/c1-3-5-7-9-27-10-14-28(15-11-27)29-18-20-31(21-19-29)33-23-22-32(34(24-36)35(33)25-37)30-16-12-26(13-17-30)8-6-4-2/h18-23,26-28,30H,3-17H2,1-2H3. The van der Waals surface area contributed by atoms with Gasteiger partial charge in [-0.05, 0) is 91.7 Å². The third-order valence-corrected chi connectivity index (χ3v) is 9.47. The molecule has 0 atom stereocenters. The van der Waals surface area contributed by atoms with Crippen molar-refractivity contribution in [2.24, 2.45) is 11.8 Å². The highest BCUT2D eigenvalue weighted by Crippen LogP contribution is 2.42. The van der Waals surface area contributed by atoms with E-state index < -0.39 is 0 Å². The van der Waals surface area contributed by atoms with Crippen molar-refractivity contribution in [1.82, 2.24) is 0 Å². The van der Waals surface area contributed by atoms with Gasteiger partial charge in [0, 0.05) is 5.56 Å². The summed E-state index contributed by atoms with van der Waals surface area (Å²) in [6.45, 7) is 4.55. The number of nitriles is 2. The van der Waals surface area contributed by atoms with Crippen LogP contribution in [0.25, 0.3) is 11.1 Å². The van der Waals surface area contributed by atoms with E-state index in [0.29, 0.717) is 23.0 Å². The average Bonchev–Trinajstić information content (AvgIpc) is 2.96. The van der Waals surface area contributed by atoms with E-state index in [1.165, 1.54) is 89.0 Å². The first-order valence-corrected chi connectivity index (χ1v) is 15.3. The van der Waals surface area contributed by atoms with Gasteiger partial charge in [0.25, 0.3) is 0 Å². The molecule has 2 aliphatic carbocycles. The Morgan fingerprint density at radius 1 is 0.622 bits per heavy atom. The maximum absolute atomic E-state index is 10.1. The van der Waals surface area contributed by atoms with Crippen LogP contribution in [-0.2, 0) is 0 Å². The molecule has 0 spiro atoms. The van der Waals surface area contributed by atoms with E-state index in [4.69, 9.17) is 0 Å². The predicted molar refractivity (Wildman–Crippen MR) is 154 cm³/mol. The summed E-state index contributed by atoms with van der Waals surface area (Å²) in [4.78, 5) is 0. The van der Waals surface area contributed by atoms with Crippen LogP contribution in [0.2, 0.25) is 0 Å². The van der Waals surface area contributed by atoms with Crippen LogP contribution in [0, 0.1) is 34.5 Å². The SMILES string of the molecule is CCCCCC1CCC(c2ccc(-c3ccc(C4CCC(CCCC)CC4)c(C#N)c3C#N)cc2)CC1. The minimum Gasteiger partial charge on any atom is -0.192 e. The molecule has 2 heteroatoms. The van der Waals surface area contributed by atoms with Crippen molar-refractivity contribution in [3.05, 3.63) is 58.7 Å². The van der Waals surface area contributed by atoms with Gasteiger partial charge in [0.05, 0.1) is 11.1 Å². The molecule has 0 saturated heterocycles. The summed E-state index contributed by atoms with van der Waals surface area (Å²) in [5.74, 6) is 2.84. The van der Waals surface area contributed by atoms with Crippen molar-refractivity contribution in [2.75, 3.05) is 0 Å². The molecule has 0 radical (unpaired) electrons. The maximum Gasteiger partial charge on any atom is 0.101 e. The average molecular weight is 495 g/mol. The largest absolute Gasteiger partial charge is 0.192 e. The number of unbranched alkanes of at least 4 members (excludes halogenated alkanes) is 3. The third kappa shape index (κ3) is 6.85. The molecule has 2 aromatic carbocycles. The Morgan fingerprint density at radius 3 is 1.76 bits per heavy atom. The van der Waals surface area contributed by atoms with Gasteiger partial charge in [0.1, 0.15) is 12.1 Å². The lowest BCUT2D eigenvalue weighted by molar-refractivity contribution is 0.303. The van der Waals surface area contributed by atoms with Gasteiger partial charge in [-0.2, -0.15) is 10.5 Å². The third-order valence-electron chi connectivity index (χ3n) is 9.47. The van der Waals surface area contributed by atoms with Crippen LogP contribution in [0.15, 0.2) is 36.4 Å². The molecular formula is C35H46N2. The summed E-state index contributed by atoms with van der Waals surface area (Å²) >= 11 is 0. The summed E-state index contributed by atoms with van der Waals surface area (Å²) < 4.78 is 0. The fourth-order valence-electron chi connectivity index (χ4n) is 7.09. The lowest BCUT2D eigenvalue weighted by Crippen LogP contribution is -2.15. The van der Waals surface area contributed by atoms with Crippen LogP contribution in [-0.4, -0.2) is 0 Å². The first-order chi connectivity index (χ1) is 18.2. The lowest BCUT2D eigenvalue weighted by atomic mass is 9.75. The number of hydrogen-bond acceptors (Lipinski definition) is 2. The van der Waals surface area contributed by atoms with Crippen molar-refractivity contribution >= 4 is 0 Å². The highest BCUT2D eigenvalue weighted by molar-refractivity contribution is 5.75. The molecule has 0 aliphatic heterocycles. The highest BCUT2D eigenvalue weighted by Gasteiger charge is 2.26. The molecular weight excluding hydrogens is 448 g/mol. The summed E-state index contributed by atoms with van der Waals surface area (Å²) in [6.07, 6.45) is 19.5. The maximum atomic E-state index is 10.1. The monoisotopic (exact) mass is 494 g/mol. The zero-order valence-corrected chi connectivity index (χ0v) is 23.3. The molecule has 2 aromatic rings. The van der Waals surface area contributed by atoms with Crippen LogP contribution < -0.4 is 0 Å². The van der Waals surface area contributed by atoms with E-state index in [1.54, 1.807) is 0 Å². The van der Waals surface area contributed by atoms with Crippen LogP contribution >= 0.6 is 0 Å². The van der Waals surface area contributed by atoms with Gasteiger partial charge in [0.15, 0.2) is 0 Å². The quantitative estimate of drug-likeness (QED) is 0.308. The topological polar surface area (TPSA) is 47.6 Å². The smallest absolute Gasteiger partial charge is 0.101 e. The second kappa shape index (κ2) is 13.8. The molecule has 196 valence electrons. The zero-order chi connectivity index (χ0) is 26.0. The molecule has 0 amide bonds. The fourth-order valence-corrected chi connectivity index (χ4v) is 7.09. The van der Waals surface area contributed by atoms with Crippen molar-refractivity contribution in [2.45, 2.75) is 122 Å². The normalized spacial score (nSPS) is 23.8. The molecule has 0 aromatic heterocycles. The number of hydrogen-bond donors (Lipinski definition) is 0. The highest BCUT2D eigenvalue weighted by atomic mass is 14.3. The van der Waals surface area contributed by atoms with Gasteiger partial charge in [0.2, 0.25) is 0 Å². The molecule has 0 heterocycles. The summed E-state index contributed by atoms with van der Waals surface area (Å²) in [5.41, 5.74) is 5.68. The van der Waals surface area contributed by atoms with E-state index in [2.05, 4.69) is 62.4 Å². The molecule has 2 nitrogen and oxygen atoms in total. The van der Waals surface area contributed by atoms with Gasteiger partial charge < -0.3 is 0 Å². The summed E-state index contributed by atoms with van der Waals surface area (Å²) in [6, 6.07) is 18.0. The lowest BCUT2D eigenvalue weighted by Gasteiger charge is -2.30. The van der Waals surface area contributed by atoms with E-state index in [9.17, 15) is 10.5 Å². The molecule has 2 saturated carbocycles.